The molecule has 0 radical (unpaired) electrons. The summed E-state index contributed by atoms with van der Waals surface area (Å²) in [4.78, 5) is 10.3. The maximum Gasteiger partial charge on any atom is 0.162 e. The van der Waals surface area contributed by atoms with E-state index in [4.69, 9.17) is 21.3 Å². The summed E-state index contributed by atoms with van der Waals surface area (Å²) in [6.45, 7) is 0. The SMILES string of the molecule is ClCC1=CN(Oc2ccccc2)NO1. The highest BCUT2D eigenvalue weighted by Crippen LogP contribution is 2.13. The van der Waals surface area contributed by atoms with Gasteiger partial charge in [-0.25, -0.2) is 0 Å². The van der Waals surface area contributed by atoms with Gasteiger partial charge in [0.15, 0.2) is 11.5 Å². The van der Waals surface area contributed by atoms with E-state index in [9.17, 15) is 0 Å². The van der Waals surface area contributed by atoms with Crippen LogP contribution in [0.15, 0.2) is 42.3 Å². The van der Waals surface area contributed by atoms with Crippen molar-refractivity contribution in [3.8, 4) is 5.75 Å². The van der Waals surface area contributed by atoms with Crippen molar-refractivity contribution >= 4 is 11.6 Å². The molecule has 0 spiro atoms. The van der Waals surface area contributed by atoms with E-state index in [2.05, 4.69) is 5.59 Å². The smallest absolute Gasteiger partial charge is 0.162 e. The zero-order valence-electron chi connectivity index (χ0n) is 7.31. The lowest BCUT2D eigenvalue weighted by Gasteiger charge is -2.13. The van der Waals surface area contributed by atoms with Crippen LogP contribution in [-0.2, 0) is 4.84 Å². The second kappa shape index (κ2) is 4.21. The molecule has 1 heterocycles. The molecule has 0 fully saturated rings. The summed E-state index contributed by atoms with van der Waals surface area (Å²) >= 11 is 5.56. The van der Waals surface area contributed by atoms with E-state index in [1.807, 2.05) is 30.3 Å². The molecule has 0 saturated heterocycles. The molecular weight excluding hydrogens is 204 g/mol. The zero-order chi connectivity index (χ0) is 9.80. The van der Waals surface area contributed by atoms with E-state index >= 15 is 0 Å². The van der Waals surface area contributed by atoms with Gasteiger partial charge in [0.05, 0.1) is 5.88 Å². The monoisotopic (exact) mass is 212 g/mol. The van der Waals surface area contributed by atoms with Crippen molar-refractivity contribution in [2.75, 3.05) is 5.88 Å². The van der Waals surface area contributed by atoms with E-state index < -0.39 is 0 Å². The van der Waals surface area contributed by atoms with Crippen LogP contribution in [0, 0.1) is 0 Å². The third kappa shape index (κ3) is 2.10. The van der Waals surface area contributed by atoms with E-state index in [1.54, 1.807) is 6.20 Å². The molecule has 1 aromatic carbocycles. The molecule has 1 N–H and O–H groups in total. The summed E-state index contributed by atoms with van der Waals surface area (Å²) in [5.74, 6) is 1.64. The minimum Gasteiger partial charge on any atom is -0.388 e. The molecule has 1 aliphatic rings. The first-order valence-corrected chi connectivity index (χ1v) is 4.63. The first-order valence-electron chi connectivity index (χ1n) is 4.10. The highest BCUT2D eigenvalue weighted by molar-refractivity contribution is 6.19. The molecule has 0 saturated carbocycles. The van der Waals surface area contributed by atoms with Crippen LogP contribution in [-0.4, -0.2) is 11.1 Å². The van der Waals surface area contributed by atoms with Gasteiger partial charge in [-0.2, -0.15) is 0 Å². The number of rotatable bonds is 3. The molecule has 0 bridgehead atoms. The van der Waals surface area contributed by atoms with Crippen molar-refractivity contribution in [3.63, 3.8) is 0 Å². The normalized spacial score (nSPS) is 14.9. The van der Waals surface area contributed by atoms with Crippen LogP contribution in [0.3, 0.4) is 0 Å². The summed E-state index contributed by atoms with van der Waals surface area (Å²) in [7, 11) is 0. The van der Waals surface area contributed by atoms with Gasteiger partial charge in [-0.1, -0.05) is 18.2 Å². The van der Waals surface area contributed by atoms with Gasteiger partial charge in [0, 0.05) is 0 Å². The van der Waals surface area contributed by atoms with Crippen molar-refractivity contribution in [2.45, 2.75) is 0 Å². The lowest BCUT2D eigenvalue weighted by Crippen LogP contribution is -2.30. The van der Waals surface area contributed by atoms with Crippen LogP contribution in [0.2, 0.25) is 0 Å². The van der Waals surface area contributed by atoms with Crippen molar-refractivity contribution < 1.29 is 9.68 Å². The molecule has 1 aromatic rings. The van der Waals surface area contributed by atoms with E-state index in [1.165, 1.54) is 5.17 Å². The second-order valence-corrected chi connectivity index (χ2v) is 2.92. The molecule has 74 valence electrons. The number of hydrogen-bond donors (Lipinski definition) is 1. The summed E-state index contributed by atoms with van der Waals surface area (Å²) in [6.07, 6.45) is 1.64. The summed E-state index contributed by atoms with van der Waals surface area (Å²) < 4.78 is 0. The van der Waals surface area contributed by atoms with Gasteiger partial charge in [-0.15, -0.1) is 16.8 Å². The molecule has 0 aliphatic carbocycles. The van der Waals surface area contributed by atoms with Crippen LogP contribution in [0.1, 0.15) is 0 Å². The lowest BCUT2D eigenvalue weighted by atomic mass is 10.3. The number of para-hydroxylation sites is 1. The van der Waals surface area contributed by atoms with Crippen molar-refractivity contribution in [1.29, 1.82) is 0 Å². The zero-order valence-corrected chi connectivity index (χ0v) is 8.07. The Balaban J connectivity index is 1.97. The van der Waals surface area contributed by atoms with Gasteiger partial charge >= 0.3 is 0 Å². The van der Waals surface area contributed by atoms with Crippen LogP contribution in [0.5, 0.6) is 5.75 Å². The number of alkyl halides is 1. The quantitative estimate of drug-likeness (QED) is 0.775. The number of hydroxylamine groups is 1. The maximum atomic E-state index is 5.56. The summed E-state index contributed by atoms with van der Waals surface area (Å²) in [5.41, 5.74) is 2.54. The fourth-order valence-electron chi connectivity index (χ4n) is 0.989. The first-order chi connectivity index (χ1) is 6.88. The van der Waals surface area contributed by atoms with Crippen LogP contribution >= 0.6 is 11.6 Å². The molecule has 1 aliphatic heterocycles. The van der Waals surface area contributed by atoms with Crippen LogP contribution in [0.4, 0.5) is 0 Å². The number of nitrogens with zero attached hydrogens (tertiary/aromatic N) is 1. The summed E-state index contributed by atoms with van der Waals surface area (Å²) in [6, 6.07) is 9.38. The molecule has 14 heavy (non-hydrogen) atoms. The third-order valence-electron chi connectivity index (χ3n) is 1.61. The van der Waals surface area contributed by atoms with E-state index in [0.717, 1.165) is 5.75 Å². The predicted molar refractivity (Wildman–Crippen MR) is 51.9 cm³/mol. The minimum atomic E-state index is 0.307. The Morgan fingerprint density at radius 1 is 1.36 bits per heavy atom. The predicted octanol–water partition coefficient (Wildman–Crippen LogP) is 1.81. The maximum absolute atomic E-state index is 5.56. The molecule has 0 atom stereocenters. The minimum absolute atomic E-state index is 0.307. The standard InChI is InChI=1S/C9H9ClN2O2/c10-6-9-7-12(11-13-9)14-8-4-2-1-3-5-8/h1-5,7,11H,6H2. The number of hydrazine groups is 1. The van der Waals surface area contributed by atoms with E-state index in [-0.39, 0.29) is 0 Å². The van der Waals surface area contributed by atoms with Gasteiger partial charge in [0.2, 0.25) is 0 Å². The number of nitrogens with one attached hydrogen (secondary N) is 1. The van der Waals surface area contributed by atoms with Crippen molar-refractivity contribution in [1.82, 2.24) is 10.8 Å². The van der Waals surface area contributed by atoms with Crippen LogP contribution < -0.4 is 10.4 Å². The average Bonchev–Trinajstić information content (AvgIpc) is 2.67. The largest absolute Gasteiger partial charge is 0.388 e. The Kier molecular flexibility index (Phi) is 2.76. The van der Waals surface area contributed by atoms with Gasteiger partial charge in [0.1, 0.15) is 6.20 Å². The Morgan fingerprint density at radius 2 is 2.14 bits per heavy atom. The highest BCUT2D eigenvalue weighted by atomic mass is 35.5. The Hall–Kier alpha value is -1.39. The van der Waals surface area contributed by atoms with Gasteiger partial charge in [-0.05, 0) is 17.7 Å². The topological polar surface area (TPSA) is 33.7 Å². The Morgan fingerprint density at radius 3 is 2.79 bits per heavy atom. The molecular formula is C9H9ClN2O2. The molecule has 4 nitrogen and oxygen atoms in total. The fraction of sp³-hybridized carbons (Fsp3) is 0.111. The van der Waals surface area contributed by atoms with Crippen LogP contribution in [0.25, 0.3) is 0 Å². The Labute approximate surface area is 86.5 Å². The van der Waals surface area contributed by atoms with Gasteiger partial charge < -0.3 is 9.68 Å². The number of hydrogen-bond acceptors (Lipinski definition) is 4. The number of benzene rings is 1. The lowest BCUT2D eigenvalue weighted by molar-refractivity contribution is -0.135. The average molecular weight is 213 g/mol. The molecule has 0 amide bonds. The van der Waals surface area contributed by atoms with Gasteiger partial charge in [-0.3, -0.25) is 0 Å². The summed E-state index contributed by atoms with van der Waals surface area (Å²) in [5, 5.41) is 1.35. The fourth-order valence-corrected chi connectivity index (χ4v) is 1.11. The molecule has 5 heteroatoms. The highest BCUT2D eigenvalue weighted by Gasteiger charge is 2.13. The second-order valence-electron chi connectivity index (χ2n) is 2.65. The molecule has 0 unspecified atom stereocenters. The van der Waals surface area contributed by atoms with Crippen molar-refractivity contribution in [3.05, 3.63) is 42.3 Å². The van der Waals surface area contributed by atoms with Crippen molar-refractivity contribution in [2.24, 2.45) is 0 Å². The first kappa shape index (κ1) is 9.18. The molecule has 0 aromatic heterocycles. The number of halogens is 1. The van der Waals surface area contributed by atoms with E-state index in [0.29, 0.717) is 11.6 Å². The number of allylic oxidation sites excluding steroid dienone is 1. The Bertz CT molecular complexity index is 329. The third-order valence-corrected chi connectivity index (χ3v) is 1.87. The van der Waals surface area contributed by atoms with Gasteiger partial charge in [0.25, 0.3) is 0 Å². The molecule has 2 rings (SSSR count).